The number of amides is 3. The number of carbonyl (C=O) groups excluding carboxylic acids is 4. The molecule has 5 N–H and O–H groups in total. The minimum atomic E-state index is -0.630. The highest BCUT2D eigenvalue weighted by atomic mass is 19.1. The van der Waals surface area contributed by atoms with Crippen molar-refractivity contribution in [1.29, 1.82) is 0 Å². The lowest BCUT2D eigenvalue weighted by Gasteiger charge is -2.32. The molecule has 0 radical (unpaired) electrons. The SMILES string of the molecule is COC(=O)Cc1cc(OCc2ccc(F)cc2)ccc1CN[C@@H](C)C(N)=O.C[C@@H](C(N)=O)N1Cc2ccc(OCc3ccc(F)cc3)cc2CC1=O. The molecule has 0 saturated carbocycles. The molecule has 1 aliphatic rings. The Morgan fingerprint density at radius 1 is 0.769 bits per heavy atom. The van der Waals surface area contributed by atoms with Crippen molar-refractivity contribution < 1.29 is 42.2 Å². The number of fused-ring (bicyclic) bond motifs is 1. The molecule has 4 aromatic carbocycles. The summed E-state index contributed by atoms with van der Waals surface area (Å²) in [7, 11) is 1.32. The normalized spacial score (nSPS) is 13.2. The maximum atomic E-state index is 13.0. The Balaban J connectivity index is 0.000000233. The monoisotopic (exact) mass is 716 g/mol. The molecule has 1 heterocycles. The number of hydrogen-bond acceptors (Lipinski definition) is 8. The minimum Gasteiger partial charge on any atom is -0.489 e. The third kappa shape index (κ3) is 11.4. The van der Waals surface area contributed by atoms with E-state index in [4.69, 9.17) is 25.7 Å². The van der Waals surface area contributed by atoms with Crippen LogP contribution < -0.4 is 26.3 Å². The number of hydrogen-bond donors (Lipinski definition) is 3. The van der Waals surface area contributed by atoms with Crippen LogP contribution in [0.5, 0.6) is 11.5 Å². The van der Waals surface area contributed by atoms with Crippen molar-refractivity contribution in [2.24, 2.45) is 11.5 Å². The van der Waals surface area contributed by atoms with E-state index < -0.39 is 23.9 Å². The molecule has 52 heavy (non-hydrogen) atoms. The summed E-state index contributed by atoms with van der Waals surface area (Å²) in [5.41, 5.74) is 15.7. The predicted molar refractivity (Wildman–Crippen MR) is 188 cm³/mol. The first-order valence-electron chi connectivity index (χ1n) is 16.5. The van der Waals surface area contributed by atoms with Gasteiger partial charge in [-0.25, -0.2) is 8.78 Å². The van der Waals surface area contributed by atoms with Gasteiger partial charge in [0.05, 0.1) is 26.0 Å². The largest absolute Gasteiger partial charge is 0.489 e. The highest BCUT2D eigenvalue weighted by Crippen LogP contribution is 2.26. The number of nitrogens with zero attached hydrogens (tertiary/aromatic N) is 1. The van der Waals surface area contributed by atoms with Crippen LogP contribution in [0.4, 0.5) is 8.78 Å². The van der Waals surface area contributed by atoms with Crippen molar-refractivity contribution in [3.63, 3.8) is 0 Å². The summed E-state index contributed by atoms with van der Waals surface area (Å²) in [5, 5.41) is 3.01. The van der Waals surface area contributed by atoms with Crippen LogP contribution in [0.25, 0.3) is 0 Å². The molecule has 0 fully saturated rings. The van der Waals surface area contributed by atoms with Crippen molar-refractivity contribution in [2.45, 2.75) is 65.1 Å². The third-order valence-corrected chi connectivity index (χ3v) is 8.46. The van der Waals surface area contributed by atoms with Crippen LogP contribution in [-0.4, -0.2) is 47.8 Å². The van der Waals surface area contributed by atoms with Crippen LogP contribution in [0.3, 0.4) is 0 Å². The fraction of sp³-hybridized carbons (Fsp3) is 0.282. The topological polar surface area (TPSA) is 163 Å². The van der Waals surface area contributed by atoms with Crippen LogP contribution in [0.2, 0.25) is 0 Å². The molecule has 4 aromatic rings. The van der Waals surface area contributed by atoms with Crippen LogP contribution >= 0.6 is 0 Å². The zero-order valence-electron chi connectivity index (χ0n) is 29.2. The predicted octanol–water partition coefficient (Wildman–Crippen LogP) is 4.25. The molecule has 0 bridgehead atoms. The smallest absolute Gasteiger partial charge is 0.309 e. The fourth-order valence-electron chi connectivity index (χ4n) is 5.17. The summed E-state index contributed by atoms with van der Waals surface area (Å²) in [4.78, 5) is 48.0. The van der Waals surface area contributed by atoms with Crippen LogP contribution in [0.15, 0.2) is 84.9 Å². The number of benzene rings is 4. The zero-order valence-corrected chi connectivity index (χ0v) is 29.2. The Morgan fingerprint density at radius 3 is 1.87 bits per heavy atom. The van der Waals surface area contributed by atoms with Gasteiger partial charge in [-0.3, -0.25) is 19.2 Å². The summed E-state index contributed by atoms with van der Waals surface area (Å²) >= 11 is 0. The second-order valence-electron chi connectivity index (χ2n) is 12.2. The molecule has 3 amide bonds. The summed E-state index contributed by atoms with van der Waals surface area (Å²) in [6, 6.07) is 21.9. The Labute approximate surface area is 300 Å². The van der Waals surface area contributed by atoms with Gasteiger partial charge in [-0.2, -0.15) is 0 Å². The van der Waals surface area contributed by atoms with Gasteiger partial charge in [0.1, 0.15) is 42.4 Å². The summed E-state index contributed by atoms with van der Waals surface area (Å²) in [5.74, 6) is -0.853. The molecule has 11 nitrogen and oxygen atoms in total. The Bertz CT molecular complexity index is 1870. The molecule has 2 atom stereocenters. The van der Waals surface area contributed by atoms with E-state index in [1.165, 1.54) is 36.3 Å². The number of nitrogens with two attached hydrogens (primary N) is 2. The molecular weight excluding hydrogens is 674 g/mol. The molecule has 274 valence electrons. The average molecular weight is 717 g/mol. The van der Waals surface area contributed by atoms with Crippen molar-refractivity contribution >= 4 is 23.7 Å². The number of rotatable bonds is 14. The van der Waals surface area contributed by atoms with E-state index in [1.807, 2.05) is 24.3 Å². The van der Waals surface area contributed by atoms with Crippen LogP contribution in [-0.2, 0) is 63.1 Å². The van der Waals surface area contributed by atoms with E-state index in [2.05, 4.69) is 5.32 Å². The fourth-order valence-corrected chi connectivity index (χ4v) is 5.17. The number of carbonyl (C=O) groups is 4. The third-order valence-electron chi connectivity index (χ3n) is 8.46. The van der Waals surface area contributed by atoms with E-state index in [9.17, 15) is 28.0 Å². The van der Waals surface area contributed by atoms with Gasteiger partial charge in [0.2, 0.25) is 17.7 Å². The maximum absolute atomic E-state index is 13.0. The number of esters is 1. The van der Waals surface area contributed by atoms with Gasteiger partial charge in [-0.05, 0) is 95.8 Å². The second kappa shape index (κ2) is 18.4. The van der Waals surface area contributed by atoms with Crippen LogP contribution in [0.1, 0.15) is 47.2 Å². The lowest BCUT2D eigenvalue weighted by molar-refractivity contribution is -0.140. The Morgan fingerprint density at radius 2 is 1.33 bits per heavy atom. The molecule has 1 aliphatic heterocycles. The highest BCUT2D eigenvalue weighted by molar-refractivity contribution is 5.88. The quantitative estimate of drug-likeness (QED) is 0.163. The van der Waals surface area contributed by atoms with E-state index >= 15 is 0 Å². The first kappa shape index (κ1) is 39.0. The number of halogens is 2. The number of primary amides is 2. The number of nitrogens with one attached hydrogen (secondary N) is 1. The van der Waals surface area contributed by atoms with E-state index in [0.29, 0.717) is 31.2 Å². The number of methoxy groups -OCH3 is 1. The lowest BCUT2D eigenvalue weighted by Crippen LogP contribution is -2.48. The highest BCUT2D eigenvalue weighted by Gasteiger charge is 2.29. The maximum Gasteiger partial charge on any atom is 0.309 e. The molecule has 0 aromatic heterocycles. The van der Waals surface area contributed by atoms with Crippen LogP contribution in [0, 0.1) is 11.6 Å². The second-order valence-corrected chi connectivity index (χ2v) is 12.2. The molecule has 13 heteroatoms. The van der Waals surface area contributed by atoms with Gasteiger partial charge in [0.15, 0.2) is 0 Å². The Hall–Kier alpha value is -5.82. The first-order valence-corrected chi connectivity index (χ1v) is 16.5. The zero-order chi connectivity index (χ0) is 37.8. The Kier molecular flexibility index (Phi) is 13.8. The van der Waals surface area contributed by atoms with Gasteiger partial charge >= 0.3 is 5.97 Å². The van der Waals surface area contributed by atoms with E-state index in [1.54, 1.807) is 50.2 Å². The van der Waals surface area contributed by atoms with Gasteiger partial charge in [0.25, 0.3) is 0 Å². The summed E-state index contributed by atoms with van der Waals surface area (Å²) in [6.45, 7) is 4.62. The van der Waals surface area contributed by atoms with E-state index in [-0.39, 0.29) is 43.0 Å². The molecule has 0 spiro atoms. The van der Waals surface area contributed by atoms with Crippen molar-refractivity contribution in [2.75, 3.05) is 7.11 Å². The summed E-state index contributed by atoms with van der Waals surface area (Å²) < 4.78 is 42.1. The first-order chi connectivity index (χ1) is 24.8. The summed E-state index contributed by atoms with van der Waals surface area (Å²) in [6.07, 6.45) is 0.285. The molecule has 0 unspecified atom stereocenters. The average Bonchev–Trinajstić information content (AvgIpc) is 3.13. The van der Waals surface area contributed by atoms with Crippen molar-refractivity contribution in [1.82, 2.24) is 10.2 Å². The minimum absolute atomic E-state index is 0.0756. The van der Waals surface area contributed by atoms with Gasteiger partial charge in [-0.1, -0.05) is 36.4 Å². The molecular formula is C39H42F2N4O7. The van der Waals surface area contributed by atoms with Gasteiger partial charge in [-0.15, -0.1) is 0 Å². The molecule has 5 rings (SSSR count). The van der Waals surface area contributed by atoms with Crippen molar-refractivity contribution in [3.8, 4) is 11.5 Å². The van der Waals surface area contributed by atoms with Gasteiger partial charge in [0, 0.05) is 13.1 Å². The standard InChI is InChI=1S/C20H23FN2O4.C19H19FN2O3/c1-13(20(22)25)23-11-15-5-8-18(9-16(15)10-19(24)26-2)27-12-14-3-6-17(21)7-4-14;1-12(19(21)24)22-10-14-4-7-17(8-15(14)9-18(22)23)25-11-13-2-5-16(20)6-3-13/h3-9,13,23H,10-12H2,1-2H3,(H2,22,25);2-8,12H,9-11H2,1H3,(H2,21,24)/t13-;12-/m00/s1. The van der Waals surface area contributed by atoms with Crippen molar-refractivity contribution in [3.05, 3.63) is 130 Å². The molecule has 0 saturated heterocycles. The van der Waals surface area contributed by atoms with Gasteiger partial charge < -0.3 is 35.9 Å². The van der Waals surface area contributed by atoms with E-state index in [0.717, 1.165) is 33.4 Å². The lowest BCUT2D eigenvalue weighted by atomic mass is 9.97. The number of ether oxygens (including phenoxy) is 3. The molecule has 0 aliphatic carbocycles.